The molecule has 1 atom stereocenters. The third-order valence-corrected chi connectivity index (χ3v) is 4.44. The molecule has 1 unspecified atom stereocenters. The predicted molar refractivity (Wildman–Crippen MR) is 86.7 cm³/mol. The Morgan fingerprint density at radius 3 is 2.00 bits per heavy atom. The minimum absolute atomic E-state index is 0.00819. The highest BCUT2D eigenvalue weighted by atomic mass is 19.1. The zero-order valence-electron chi connectivity index (χ0n) is 13.6. The first-order valence-corrected chi connectivity index (χ1v) is 8.39. The summed E-state index contributed by atoms with van der Waals surface area (Å²) in [5, 5.41) is 0. The van der Waals surface area contributed by atoms with Gasteiger partial charge in [-0.15, -0.1) is 0 Å². The van der Waals surface area contributed by atoms with Crippen molar-refractivity contribution in [3.63, 3.8) is 0 Å². The van der Waals surface area contributed by atoms with Crippen LogP contribution in [0.25, 0.3) is 0 Å². The lowest BCUT2D eigenvalue weighted by molar-refractivity contribution is 0.352. The summed E-state index contributed by atoms with van der Waals surface area (Å²) in [6.45, 7) is 6.71. The Morgan fingerprint density at radius 1 is 0.850 bits per heavy atom. The van der Waals surface area contributed by atoms with E-state index in [0.29, 0.717) is 0 Å². The molecule has 1 aromatic rings. The van der Waals surface area contributed by atoms with Crippen LogP contribution in [0.15, 0.2) is 24.3 Å². The monoisotopic (exact) mass is 278 g/mol. The van der Waals surface area contributed by atoms with E-state index in [1.807, 2.05) is 12.1 Å². The Morgan fingerprint density at radius 2 is 1.40 bits per heavy atom. The van der Waals surface area contributed by atoms with Crippen molar-refractivity contribution in [3.05, 3.63) is 35.6 Å². The van der Waals surface area contributed by atoms with Crippen LogP contribution in [0.5, 0.6) is 0 Å². The zero-order valence-corrected chi connectivity index (χ0v) is 13.6. The van der Waals surface area contributed by atoms with E-state index in [1.54, 1.807) is 12.1 Å². The number of benzene rings is 1. The van der Waals surface area contributed by atoms with Crippen LogP contribution in [0.2, 0.25) is 0 Å². The summed E-state index contributed by atoms with van der Waals surface area (Å²) in [6.07, 6.45) is 10.9. The Hall–Kier alpha value is -0.850. The van der Waals surface area contributed by atoms with Gasteiger partial charge in [0.15, 0.2) is 0 Å². The molecule has 0 saturated heterocycles. The first kappa shape index (κ1) is 17.2. The van der Waals surface area contributed by atoms with Crippen LogP contribution in [0, 0.1) is 5.82 Å². The van der Waals surface area contributed by atoms with Crippen molar-refractivity contribution in [1.82, 2.24) is 0 Å². The Balaban J connectivity index is 2.75. The van der Waals surface area contributed by atoms with Gasteiger partial charge in [0.1, 0.15) is 5.82 Å². The van der Waals surface area contributed by atoms with Gasteiger partial charge < -0.3 is 0 Å². The quantitative estimate of drug-likeness (QED) is 0.421. The second kappa shape index (κ2) is 9.15. The van der Waals surface area contributed by atoms with Crippen LogP contribution in [0.1, 0.15) is 84.1 Å². The van der Waals surface area contributed by atoms with E-state index in [1.165, 1.54) is 44.9 Å². The molecule has 0 nitrogen and oxygen atoms in total. The maximum absolute atomic E-state index is 14.2. The van der Waals surface area contributed by atoms with Gasteiger partial charge in [0.25, 0.3) is 0 Å². The Bertz CT molecular complexity index is 372. The molecule has 0 heterocycles. The van der Waals surface area contributed by atoms with Gasteiger partial charge in [-0.2, -0.15) is 0 Å². The van der Waals surface area contributed by atoms with Crippen molar-refractivity contribution in [1.29, 1.82) is 0 Å². The van der Waals surface area contributed by atoms with E-state index < -0.39 is 0 Å². The molecule has 0 amide bonds. The second-order valence-electron chi connectivity index (χ2n) is 6.31. The van der Waals surface area contributed by atoms with Crippen molar-refractivity contribution in [2.45, 2.75) is 84.0 Å². The summed E-state index contributed by atoms with van der Waals surface area (Å²) in [5.74, 6) is -0.0259. The predicted octanol–water partition coefficient (Wildman–Crippen LogP) is 6.63. The van der Waals surface area contributed by atoms with Gasteiger partial charge in [0.2, 0.25) is 0 Å². The number of rotatable bonds is 10. The fourth-order valence-electron chi connectivity index (χ4n) is 3.05. The second-order valence-corrected chi connectivity index (χ2v) is 6.31. The molecule has 0 fully saturated rings. The van der Waals surface area contributed by atoms with Gasteiger partial charge in [0.05, 0.1) is 0 Å². The van der Waals surface area contributed by atoms with E-state index in [4.69, 9.17) is 0 Å². The summed E-state index contributed by atoms with van der Waals surface area (Å²) in [5.41, 5.74) is 0.932. The fraction of sp³-hybridized carbons (Fsp3) is 0.684. The third-order valence-electron chi connectivity index (χ3n) is 4.44. The van der Waals surface area contributed by atoms with Crippen molar-refractivity contribution < 1.29 is 4.39 Å². The largest absolute Gasteiger partial charge is 0.207 e. The lowest BCUT2D eigenvalue weighted by Crippen LogP contribution is -2.23. The van der Waals surface area contributed by atoms with Crippen LogP contribution >= 0.6 is 0 Å². The van der Waals surface area contributed by atoms with Crippen LogP contribution in [0.3, 0.4) is 0 Å². The van der Waals surface area contributed by atoms with Crippen LogP contribution in [-0.2, 0) is 5.41 Å². The zero-order chi connectivity index (χ0) is 14.8. The lowest BCUT2D eigenvalue weighted by Gasteiger charge is -2.31. The molecule has 114 valence electrons. The third kappa shape index (κ3) is 5.26. The lowest BCUT2D eigenvalue weighted by atomic mass is 9.74. The first-order chi connectivity index (χ1) is 9.64. The maximum atomic E-state index is 14.2. The molecular weight excluding hydrogens is 247 g/mol. The molecule has 20 heavy (non-hydrogen) atoms. The molecule has 0 aliphatic heterocycles. The van der Waals surface area contributed by atoms with E-state index >= 15 is 0 Å². The summed E-state index contributed by atoms with van der Waals surface area (Å²) in [6, 6.07) is 7.37. The van der Waals surface area contributed by atoms with E-state index in [0.717, 1.165) is 18.4 Å². The summed E-state index contributed by atoms with van der Waals surface area (Å²) >= 11 is 0. The fourth-order valence-corrected chi connectivity index (χ4v) is 3.05. The highest BCUT2D eigenvalue weighted by Crippen LogP contribution is 2.36. The highest BCUT2D eigenvalue weighted by molar-refractivity contribution is 5.26. The van der Waals surface area contributed by atoms with Crippen LogP contribution in [-0.4, -0.2) is 0 Å². The smallest absolute Gasteiger partial charge is 0.126 e. The highest BCUT2D eigenvalue weighted by Gasteiger charge is 2.28. The van der Waals surface area contributed by atoms with E-state index in [-0.39, 0.29) is 11.2 Å². The van der Waals surface area contributed by atoms with E-state index in [9.17, 15) is 4.39 Å². The molecule has 0 spiro atoms. The Kier molecular flexibility index (Phi) is 7.87. The van der Waals surface area contributed by atoms with Gasteiger partial charge in [-0.05, 0) is 29.9 Å². The number of halogens is 1. The van der Waals surface area contributed by atoms with Gasteiger partial charge >= 0.3 is 0 Å². The summed E-state index contributed by atoms with van der Waals surface area (Å²) < 4.78 is 14.2. The average molecular weight is 278 g/mol. The number of hydrogen-bond acceptors (Lipinski definition) is 0. The molecule has 0 saturated carbocycles. The molecule has 1 heteroatoms. The van der Waals surface area contributed by atoms with Gasteiger partial charge in [-0.1, -0.05) is 83.9 Å². The number of unbranched alkanes of at least 4 members (excludes halogenated alkanes) is 5. The van der Waals surface area contributed by atoms with Crippen molar-refractivity contribution >= 4 is 0 Å². The van der Waals surface area contributed by atoms with Crippen molar-refractivity contribution in [2.75, 3.05) is 0 Å². The van der Waals surface area contributed by atoms with Crippen molar-refractivity contribution in [2.24, 2.45) is 0 Å². The van der Waals surface area contributed by atoms with E-state index in [2.05, 4.69) is 20.8 Å². The molecule has 0 aromatic heterocycles. The summed E-state index contributed by atoms with van der Waals surface area (Å²) in [4.78, 5) is 0. The van der Waals surface area contributed by atoms with Crippen LogP contribution < -0.4 is 0 Å². The number of hydrogen-bond donors (Lipinski definition) is 0. The molecule has 0 bridgehead atoms. The minimum atomic E-state index is -0.0259. The van der Waals surface area contributed by atoms with Gasteiger partial charge in [-0.25, -0.2) is 4.39 Å². The molecule has 0 N–H and O–H groups in total. The first-order valence-electron chi connectivity index (χ1n) is 8.39. The molecule has 0 radical (unpaired) electrons. The molecule has 1 aromatic carbocycles. The minimum Gasteiger partial charge on any atom is -0.207 e. The van der Waals surface area contributed by atoms with Gasteiger partial charge in [-0.3, -0.25) is 0 Å². The SMILES string of the molecule is CCCCCCC(C)(CCCCC)c1ccccc1F. The van der Waals surface area contributed by atoms with Crippen molar-refractivity contribution in [3.8, 4) is 0 Å². The topological polar surface area (TPSA) is 0 Å². The molecule has 0 aliphatic carbocycles. The maximum Gasteiger partial charge on any atom is 0.126 e. The standard InChI is InChI=1S/C19H31F/c1-4-6-8-12-16-19(3,15-11-7-5-2)17-13-9-10-14-18(17)20/h9-10,13-14H,4-8,11-12,15-16H2,1-3H3. The summed E-state index contributed by atoms with van der Waals surface area (Å²) in [7, 11) is 0. The Labute approximate surface area is 124 Å². The average Bonchev–Trinajstić information content (AvgIpc) is 2.44. The molecule has 0 aliphatic rings. The van der Waals surface area contributed by atoms with Crippen LogP contribution in [0.4, 0.5) is 4.39 Å². The molecule has 1 rings (SSSR count). The normalized spacial score (nSPS) is 14.2. The molecular formula is C19H31F. The van der Waals surface area contributed by atoms with Gasteiger partial charge in [0, 0.05) is 0 Å².